The first-order valence-electron chi connectivity index (χ1n) is 10.3. The van der Waals surface area contributed by atoms with Crippen molar-refractivity contribution in [2.75, 3.05) is 25.1 Å². The van der Waals surface area contributed by atoms with Crippen molar-refractivity contribution in [3.8, 4) is 5.75 Å². The van der Waals surface area contributed by atoms with Crippen molar-refractivity contribution in [3.05, 3.63) is 68.6 Å². The van der Waals surface area contributed by atoms with Crippen LogP contribution in [0.3, 0.4) is 0 Å². The zero-order valence-electron chi connectivity index (χ0n) is 17.0. The Morgan fingerprint density at radius 1 is 1.07 bits per heavy atom. The summed E-state index contributed by atoms with van der Waals surface area (Å²) in [6, 6.07) is 10.0. The molecule has 1 aromatic heterocycles. The van der Waals surface area contributed by atoms with E-state index in [9.17, 15) is 4.79 Å². The molecular formula is C25H25NO3. The van der Waals surface area contributed by atoms with Crippen molar-refractivity contribution in [3.63, 3.8) is 0 Å². The van der Waals surface area contributed by atoms with Crippen molar-refractivity contribution < 1.29 is 9.15 Å². The first-order chi connectivity index (χ1) is 14.2. The number of rotatable bonds is 3. The first kappa shape index (κ1) is 18.0. The van der Waals surface area contributed by atoms with Gasteiger partial charge in [-0.05, 0) is 73.6 Å². The monoisotopic (exact) mass is 387 g/mol. The topological polar surface area (TPSA) is 42.7 Å². The number of ether oxygens (including phenoxy) is 1. The van der Waals surface area contributed by atoms with Gasteiger partial charge in [-0.3, -0.25) is 0 Å². The van der Waals surface area contributed by atoms with Gasteiger partial charge < -0.3 is 14.1 Å². The molecule has 0 aliphatic carbocycles. The summed E-state index contributed by atoms with van der Waals surface area (Å²) >= 11 is 0. The van der Waals surface area contributed by atoms with Gasteiger partial charge in [-0.25, -0.2) is 4.79 Å². The van der Waals surface area contributed by atoms with Gasteiger partial charge in [0.05, 0.1) is 12.7 Å². The number of fused-ring (bicyclic) bond motifs is 2. The summed E-state index contributed by atoms with van der Waals surface area (Å²) in [4.78, 5) is 15.3. The molecule has 148 valence electrons. The van der Waals surface area contributed by atoms with E-state index in [0.29, 0.717) is 5.56 Å². The second-order valence-electron chi connectivity index (χ2n) is 7.97. The summed E-state index contributed by atoms with van der Waals surface area (Å²) in [6.45, 7) is 4.25. The van der Waals surface area contributed by atoms with Crippen LogP contribution in [0.4, 0.5) is 5.69 Å². The number of methoxy groups -OCH3 is 1. The van der Waals surface area contributed by atoms with Gasteiger partial charge in [0.15, 0.2) is 0 Å². The van der Waals surface area contributed by atoms with Gasteiger partial charge in [-0.15, -0.1) is 0 Å². The van der Waals surface area contributed by atoms with Crippen molar-refractivity contribution in [2.45, 2.75) is 32.6 Å². The van der Waals surface area contributed by atoms with E-state index in [1.54, 1.807) is 7.11 Å². The Hall–Kier alpha value is -3.01. The molecule has 2 aliphatic heterocycles. The molecule has 0 fully saturated rings. The quantitative estimate of drug-likeness (QED) is 0.595. The highest BCUT2D eigenvalue weighted by Crippen LogP contribution is 2.40. The Balaban J connectivity index is 1.63. The number of hydrogen-bond acceptors (Lipinski definition) is 4. The highest BCUT2D eigenvalue weighted by atomic mass is 16.5. The fraction of sp³-hybridized carbons (Fsp3) is 0.320. The van der Waals surface area contributed by atoms with Crippen LogP contribution in [0.1, 0.15) is 40.7 Å². The molecule has 29 heavy (non-hydrogen) atoms. The molecule has 0 N–H and O–H groups in total. The SMILES string of the molecule is COc1ccc(/C=C/c2c(C)c3cc4c5c(c3oc2=O)CCCN5CCC4)cc1. The van der Waals surface area contributed by atoms with E-state index in [1.165, 1.54) is 23.2 Å². The molecular weight excluding hydrogens is 362 g/mol. The first-order valence-corrected chi connectivity index (χ1v) is 10.3. The van der Waals surface area contributed by atoms with Crippen molar-refractivity contribution in [2.24, 2.45) is 0 Å². The lowest BCUT2D eigenvalue weighted by molar-refractivity contribution is 0.415. The van der Waals surface area contributed by atoms with Crippen LogP contribution in [0, 0.1) is 6.92 Å². The Bertz CT molecular complexity index is 1170. The van der Waals surface area contributed by atoms with Crippen molar-refractivity contribution in [1.82, 2.24) is 0 Å². The molecule has 0 saturated carbocycles. The van der Waals surface area contributed by atoms with Crippen LogP contribution >= 0.6 is 0 Å². The van der Waals surface area contributed by atoms with Crippen LogP contribution in [-0.2, 0) is 12.8 Å². The predicted octanol–water partition coefficient (Wildman–Crippen LogP) is 4.98. The maximum atomic E-state index is 12.9. The third kappa shape index (κ3) is 3.03. The molecule has 2 aliphatic rings. The van der Waals surface area contributed by atoms with E-state index in [1.807, 2.05) is 43.3 Å². The fourth-order valence-electron chi connectivity index (χ4n) is 4.76. The largest absolute Gasteiger partial charge is 0.497 e. The predicted molar refractivity (Wildman–Crippen MR) is 118 cm³/mol. The molecule has 0 bridgehead atoms. The molecule has 0 unspecified atom stereocenters. The summed E-state index contributed by atoms with van der Waals surface area (Å²) in [5, 5.41) is 1.08. The summed E-state index contributed by atoms with van der Waals surface area (Å²) in [5.41, 5.74) is 7.14. The second-order valence-corrected chi connectivity index (χ2v) is 7.97. The minimum atomic E-state index is -0.260. The van der Waals surface area contributed by atoms with Crippen LogP contribution in [0.15, 0.2) is 39.5 Å². The molecule has 0 radical (unpaired) electrons. The highest BCUT2D eigenvalue weighted by Gasteiger charge is 2.27. The third-order valence-electron chi connectivity index (χ3n) is 6.25. The molecule has 5 rings (SSSR count). The number of anilines is 1. The van der Waals surface area contributed by atoms with Crippen LogP contribution < -0.4 is 15.3 Å². The standard InChI is InChI=1S/C25H25NO3/c1-16-20(12-9-17-7-10-19(28-2)11-8-17)25(27)29-24-21-6-4-14-26-13-3-5-18(23(21)26)15-22(16)24/h7-12,15H,3-6,13-14H2,1-2H3/b12-9+. The minimum Gasteiger partial charge on any atom is -0.497 e. The van der Waals surface area contributed by atoms with Crippen LogP contribution in [-0.4, -0.2) is 20.2 Å². The summed E-state index contributed by atoms with van der Waals surface area (Å²) in [7, 11) is 1.65. The van der Waals surface area contributed by atoms with Gasteiger partial charge in [0.25, 0.3) is 0 Å². The molecule has 4 nitrogen and oxygen atoms in total. The van der Waals surface area contributed by atoms with E-state index < -0.39 is 0 Å². The average molecular weight is 387 g/mol. The Morgan fingerprint density at radius 2 is 1.83 bits per heavy atom. The van der Waals surface area contributed by atoms with Gasteiger partial charge in [-0.2, -0.15) is 0 Å². The molecule has 0 atom stereocenters. The molecule has 2 aromatic carbocycles. The zero-order chi connectivity index (χ0) is 20.0. The summed E-state index contributed by atoms with van der Waals surface area (Å²) in [6.07, 6.45) is 8.23. The lowest BCUT2D eigenvalue weighted by Crippen LogP contribution is -2.34. The normalized spacial score (nSPS) is 15.7. The van der Waals surface area contributed by atoms with Crippen LogP contribution in [0.2, 0.25) is 0 Å². The maximum Gasteiger partial charge on any atom is 0.343 e. The minimum absolute atomic E-state index is 0.260. The number of nitrogens with zero attached hydrogens (tertiary/aromatic N) is 1. The molecule has 0 amide bonds. The third-order valence-corrected chi connectivity index (χ3v) is 6.25. The number of hydrogen-bond donors (Lipinski definition) is 0. The summed E-state index contributed by atoms with van der Waals surface area (Å²) in [5.74, 6) is 0.816. The van der Waals surface area contributed by atoms with Gasteiger partial charge in [0.2, 0.25) is 0 Å². The smallest absolute Gasteiger partial charge is 0.343 e. The Morgan fingerprint density at radius 3 is 2.59 bits per heavy atom. The lowest BCUT2D eigenvalue weighted by Gasteiger charge is -2.37. The van der Waals surface area contributed by atoms with E-state index >= 15 is 0 Å². The van der Waals surface area contributed by atoms with E-state index in [0.717, 1.165) is 60.2 Å². The van der Waals surface area contributed by atoms with Crippen LogP contribution in [0.25, 0.3) is 23.1 Å². The van der Waals surface area contributed by atoms with Crippen molar-refractivity contribution in [1.29, 1.82) is 0 Å². The number of benzene rings is 2. The van der Waals surface area contributed by atoms with Gasteiger partial charge in [0, 0.05) is 29.7 Å². The fourth-order valence-corrected chi connectivity index (χ4v) is 4.76. The molecule has 3 heterocycles. The Labute approximate surface area is 170 Å². The van der Waals surface area contributed by atoms with Gasteiger partial charge in [0.1, 0.15) is 11.3 Å². The molecule has 0 saturated heterocycles. The van der Waals surface area contributed by atoms with E-state index in [4.69, 9.17) is 9.15 Å². The highest BCUT2D eigenvalue weighted by molar-refractivity contribution is 5.92. The average Bonchev–Trinajstić information content (AvgIpc) is 2.75. The molecule has 4 heteroatoms. The van der Waals surface area contributed by atoms with Gasteiger partial charge >= 0.3 is 5.63 Å². The van der Waals surface area contributed by atoms with E-state index in [2.05, 4.69) is 11.0 Å². The van der Waals surface area contributed by atoms with Crippen LogP contribution in [0.5, 0.6) is 5.75 Å². The lowest BCUT2D eigenvalue weighted by atomic mass is 9.88. The van der Waals surface area contributed by atoms with E-state index in [-0.39, 0.29) is 5.63 Å². The van der Waals surface area contributed by atoms with Crippen molar-refractivity contribution >= 4 is 28.8 Å². The second kappa shape index (κ2) is 7.11. The zero-order valence-corrected chi connectivity index (χ0v) is 17.0. The maximum absolute atomic E-state index is 12.9. The molecule has 0 spiro atoms. The van der Waals surface area contributed by atoms with Gasteiger partial charge in [-0.1, -0.05) is 18.2 Å². The Kier molecular flexibility index (Phi) is 4.42. The molecule has 3 aromatic rings. The summed E-state index contributed by atoms with van der Waals surface area (Å²) < 4.78 is 11.1. The number of aryl methyl sites for hydroxylation is 3.